The van der Waals surface area contributed by atoms with Gasteiger partial charge in [-0.1, -0.05) is 60.7 Å². The molecule has 1 aliphatic heterocycles. The summed E-state index contributed by atoms with van der Waals surface area (Å²) >= 11 is 7.79. The molecule has 142 valence electrons. The largest absolute Gasteiger partial charge is 0.337 e. The molecule has 0 amide bonds. The van der Waals surface area contributed by atoms with Crippen LogP contribution in [0.4, 0.5) is 5.00 Å². The van der Waals surface area contributed by atoms with E-state index in [1.165, 1.54) is 47.4 Å². The second kappa shape index (κ2) is 7.69. The Balaban J connectivity index is 1.56. The number of fused-ring (bicyclic) bond motifs is 3. The highest BCUT2D eigenvalue weighted by molar-refractivity contribution is 7.80. The SMILES string of the molecule is S=C1Nc2sc3c(c2C(c2ccccc2)N1CCc1ccccc1)CCCC3. The van der Waals surface area contributed by atoms with Gasteiger partial charge in [-0.3, -0.25) is 0 Å². The second-order valence-electron chi connectivity index (χ2n) is 7.63. The molecule has 1 atom stereocenters. The van der Waals surface area contributed by atoms with Gasteiger partial charge in [0.25, 0.3) is 0 Å². The Morgan fingerprint density at radius 3 is 2.46 bits per heavy atom. The molecule has 5 rings (SSSR count). The number of nitrogens with one attached hydrogen (secondary N) is 1. The fourth-order valence-electron chi connectivity index (χ4n) is 4.52. The van der Waals surface area contributed by atoms with Gasteiger partial charge in [-0.25, -0.2) is 0 Å². The van der Waals surface area contributed by atoms with Gasteiger partial charge in [0.2, 0.25) is 0 Å². The zero-order valence-electron chi connectivity index (χ0n) is 15.9. The van der Waals surface area contributed by atoms with Crippen molar-refractivity contribution in [2.45, 2.75) is 38.1 Å². The molecule has 0 spiro atoms. The Bertz CT molecular complexity index is 979. The maximum atomic E-state index is 5.86. The van der Waals surface area contributed by atoms with E-state index in [9.17, 15) is 0 Å². The topological polar surface area (TPSA) is 15.3 Å². The minimum absolute atomic E-state index is 0.215. The lowest BCUT2D eigenvalue weighted by Gasteiger charge is -2.39. The summed E-state index contributed by atoms with van der Waals surface area (Å²) in [6.07, 6.45) is 6.02. The average molecular weight is 405 g/mol. The summed E-state index contributed by atoms with van der Waals surface area (Å²) < 4.78 is 0. The number of benzene rings is 2. The molecule has 0 saturated heterocycles. The van der Waals surface area contributed by atoms with Crippen LogP contribution in [0.1, 0.15) is 46.0 Å². The van der Waals surface area contributed by atoms with E-state index in [1.807, 2.05) is 11.3 Å². The summed E-state index contributed by atoms with van der Waals surface area (Å²) in [5, 5.41) is 5.72. The number of anilines is 1. The number of thiocarbonyl (C=S) groups is 1. The van der Waals surface area contributed by atoms with Crippen LogP contribution in [0.3, 0.4) is 0 Å². The molecule has 1 unspecified atom stereocenters. The summed E-state index contributed by atoms with van der Waals surface area (Å²) in [5.74, 6) is 0. The smallest absolute Gasteiger partial charge is 0.174 e. The first-order valence-electron chi connectivity index (χ1n) is 10.1. The normalized spacial score (nSPS) is 18.4. The first-order chi connectivity index (χ1) is 13.8. The van der Waals surface area contributed by atoms with Crippen molar-refractivity contribution in [1.29, 1.82) is 0 Å². The van der Waals surface area contributed by atoms with Crippen LogP contribution in [-0.2, 0) is 19.3 Å². The average Bonchev–Trinajstić information content (AvgIpc) is 3.11. The van der Waals surface area contributed by atoms with Crippen LogP contribution in [0.5, 0.6) is 0 Å². The van der Waals surface area contributed by atoms with E-state index in [2.05, 4.69) is 70.9 Å². The third kappa shape index (κ3) is 3.25. The van der Waals surface area contributed by atoms with Gasteiger partial charge >= 0.3 is 0 Å². The number of hydrogen-bond acceptors (Lipinski definition) is 2. The summed E-state index contributed by atoms with van der Waals surface area (Å²) in [7, 11) is 0. The Kier molecular flexibility index (Phi) is 4.91. The van der Waals surface area contributed by atoms with Gasteiger partial charge in [0.05, 0.1) is 6.04 Å². The summed E-state index contributed by atoms with van der Waals surface area (Å²) in [6, 6.07) is 21.8. The number of hydrogen-bond donors (Lipinski definition) is 1. The lowest BCUT2D eigenvalue weighted by atomic mass is 9.88. The molecule has 28 heavy (non-hydrogen) atoms. The first kappa shape index (κ1) is 17.9. The van der Waals surface area contributed by atoms with Crippen molar-refractivity contribution in [2.24, 2.45) is 0 Å². The van der Waals surface area contributed by atoms with Gasteiger partial charge in [-0.05, 0) is 61.0 Å². The van der Waals surface area contributed by atoms with Gasteiger partial charge in [-0.2, -0.15) is 0 Å². The second-order valence-corrected chi connectivity index (χ2v) is 9.12. The molecule has 1 aromatic heterocycles. The molecule has 0 fully saturated rings. The Morgan fingerprint density at radius 1 is 0.964 bits per heavy atom. The van der Waals surface area contributed by atoms with E-state index in [0.717, 1.165) is 18.1 Å². The summed E-state index contributed by atoms with van der Waals surface area (Å²) in [6.45, 7) is 0.916. The van der Waals surface area contributed by atoms with Crippen molar-refractivity contribution in [2.75, 3.05) is 11.9 Å². The highest BCUT2D eigenvalue weighted by Crippen LogP contribution is 2.47. The fourth-order valence-corrected chi connectivity index (χ4v) is 6.21. The Morgan fingerprint density at radius 2 is 1.68 bits per heavy atom. The number of thiophene rings is 1. The van der Waals surface area contributed by atoms with Crippen LogP contribution in [0.25, 0.3) is 0 Å². The third-order valence-corrected chi connectivity index (χ3v) is 7.44. The molecule has 0 radical (unpaired) electrons. The zero-order chi connectivity index (χ0) is 18.9. The van der Waals surface area contributed by atoms with Crippen molar-refractivity contribution in [1.82, 2.24) is 4.90 Å². The number of nitrogens with zero attached hydrogens (tertiary/aromatic N) is 1. The molecular formula is C24H24N2S2. The molecule has 2 nitrogen and oxygen atoms in total. The van der Waals surface area contributed by atoms with Crippen LogP contribution in [-0.4, -0.2) is 16.6 Å². The van der Waals surface area contributed by atoms with E-state index < -0.39 is 0 Å². The van der Waals surface area contributed by atoms with E-state index in [1.54, 1.807) is 10.4 Å². The molecule has 2 aliphatic rings. The van der Waals surface area contributed by atoms with Crippen molar-refractivity contribution in [3.8, 4) is 0 Å². The lowest BCUT2D eigenvalue weighted by molar-refractivity contribution is 0.359. The highest BCUT2D eigenvalue weighted by atomic mass is 32.1. The monoisotopic (exact) mass is 404 g/mol. The Hall–Kier alpha value is -2.17. The van der Waals surface area contributed by atoms with Crippen molar-refractivity contribution < 1.29 is 0 Å². The minimum atomic E-state index is 0.215. The lowest BCUT2D eigenvalue weighted by Crippen LogP contribution is -2.43. The quantitative estimate of drug-likeness (QED) is 0.539. The fraction of sp³-hybridized carbons (Fsp3) is 0.292. The van der Waals surface area contributed by atoms with Crippen molar-refractivity contribution >= 4 is 33.7 Å². The molecule has 1 aliphatic carbocycles. The van der Waals surface area contributed by atoms with Crippen LogP contribution in [0.2, 0.25) is 0 Å². The predicted molar refractivity (Wildman–Crippen MR) is 122 cm³/mol. The summed E-state index contributed by atoms with van der Waals surface area (Å²) in [4.78, 5) is 3.97. The maximum Gasteiger partial charge on any atom is 0.174 e. The highest BCUT2D eigenvalue weighted by Gasteiger charge is 2.36. The van der Waals surface area contributed by atoms with Crippen molar-refractivity contribution in [3.05, 3.63) is 87.8 Å². The van der Waals surface area contributed by atoms with Gasteiger partial charge in [0, 0.05) is 17.0 Å². The molecular weight excluding hydrogens is 380 g/mol. The van der Waals surface area contributed by atoms with Gasteiger partial charge < -0.3 is 10.2 Å². The molecule has 3 aromatic rings. The van der Waals surface area contributed by atoms with Gasteiger partial charge in [0.1, 0.15) is 5.00 Å². The van der Waals surface area contributed by atoms with Crippen molar-refractivity contribution in [3.63, 3.8) is 0 Å². The molecule has 0 bridgehead atoms. The summed E-state index contributed by atoms with van der Waals surface area (Å²) in [5.41, 5.74) is 5.76. The Labute approximate surface area is 176 Å². The van der Waals surface area contributed by atoms with E-state index in [0.29, 0.717) is 0 Å². The maximum absolute atomic E-state index is 5.86. The van der Waals surface area contributed by atoms with Gasteiger partial charge in [-0.15, -0.1) is 11.3 Å². The number of rotatable bonds is 4. The predicted octanol–water partition coefficient (Wildman–Crippen LogP) is 5.97. The van der Waals surface area contributed by atoms with E-state index >= 15 is 0 Å². The number of aryl methyl sites for hydroxylation is 1. The van der Waals surface area contributed by atoms with E-state index in [-0.39, 0.29) is 6.04 Å². The first-order valence-corrected chi connectivity index (χ1v) is 11.3. The molecule has 2 heterocycles. The van der Waals surface area contributed by atoms with Gasteiger partial charge in [0.15, 0.2) is 5.11 Å². The standard InChI is InChI=1S/C24H24N2S2/c27-24-25-23-21(19-13-7-8-14-20(19)28-23)22(18-11-5-2-6-12-18)26(24)16-15-17-9-3-1-4-10-17/h1-6,9-12,22H,7-8,13-16H2,(H,25,27). The molecule has 2 aromatic carbocycles. The van der Waals surface area contributed by atoms with Crippen LogP contribution in [0, 0.1) is 0 Å². The third-order valence-electron chi connectivity index (χ3n) is 5.88. The van der Waals surface area contributed by atoms with E-state index in [4.69, 9.17) is 12.2 Å². The molecule has 1 N–H and O–H groups in total. The van der Waals surface area contributed by atoms with Crippen LogP contribution >= 0.6 is 23.6 Å². The van der Waals surface area contributed by atoms with Crippen LogP contribution < -0.4 is 5.32 Å². The molecule has 4 heteroatoms. The molecule has 0 saturated carbocycles. The zero-order valence-corrected chi connectivity index (χ0v) is 17.5. The minimum Gasteiger partial charge on any atom is -0.337 e. The van der Waals surface area contributed by atoms with Crippen LogP contribution in [0.15, 0.2) is 60.7 Å².